The zero-order valence-corrected chi connectivity index (χ0v) is 17.2. The number of halogens is 2. The fraction of sp³-hybridized carbons (Fsp3) is 0.263. The third-order valence-corrected chi connectivity index (χ3v) is 6.32. The number of hydrogen-bond acceptors (Lipinski definition) is 4. The SMILES string of the molecule is CN(C)C(=O)c1ccc2c(c1)nc(CN(C)S(=O)(=O)c1cc(F)cc(F)c1)n2C. The maximum absolute atomic E-state index is 13.4. The number of aryl methyl sites for hydroxylation is 1. The van der Waals surface area contributed by atoms with E-state index < -0.39 is 26.6 Å². The molecule has 0 aliphatic rings. The average molecular weight is 422 g/mol. The van der Waals surface area contributed by atoms with Gasteiger partial charge in [0.1, 0.15) is 17.5 Å². The van der Waals surface area contributed by atoms with Crippen molar-refractivity contribution in [3.8, 4) is 0 Å². The van der Waals surface area contributed by atoms with Crippen LogP contribution in [0.2, 0.25) is 0 Å². The Morgan fingerprint density at radius 1 is 1.07 bits per heavy atom. The fourth-order valence-electron chi connectivity index (χ4n) is 2.92. The summed E-state index contributed by atoms with van der Waals surface area (Å²) in [6.45, 7) is -0.122. The van der Waals surface area contributed by atoms with Crippen LogP contribution in [0.4, 0.5) is 8.78 Å². The summed E-state index contributed by atoms with van der Waals surface area (Å²) in [6, 6.07) is 7.19. The Morgan fingerprint density at radius 3 is 2.28 bits per heavy atom. The average Bonchev–Trinajstić information content (AvgIpc) is 2.95. The van der Waals surface area contributed by atoms with E-state index in [1.54, 1.807) is 43.9 Å². The third kappa shape index (κ3) is 3.99. The number of amides is 1. The molecule has 0 N–H and O–H groups in total. The summed E-state index contributed by atoms with van der Waals surface area (Å²) < 4.78 is 54.9. The van der Waals surface area contributed by atoms with Crippen LogP contribution >= 0.6 is 0 Å². The predicted octanol–water partition coefficient (Wildman–Crippen LogP) is 2.37. The second kappa shape index (κ2) is 7.53. The van der Waals surface area contributed by atoms with Gasteiger partial charge in [0.2, 0.25) is 10.0 Å². The molecule has 29 heavy (non-hydrogen) atoms. The van der Waals surface area contributed by atoms with Crippen LogP contribution < -0.4 is 0 Å². The normalized spacial score (nSPS) is 12.0. The fourth-order valence-corrected chi connectivity index (χ4v) is 4.09. The molecule has 10 heteroatoms. The first-order valence-electron chi connectivity index (χ1n) is 8.60. The minimum Gasteiger partial charge on any atom is -0.345 e. The lowest BCUT2D eigenvalue weighted by Gasteiger charge is -2.17. The van der Waals surface area contributed by atoms with Gasteiger partial charge >= 0.3 is 0 Å². The molecule has 0 radical (unpaired) electrons. The van der Waals surface area contributed by atoms with Gasteiger partial charge in [-0.1, -0.05) is 0 Å². The van der Waals surface area contributed by atoms with E-state index in [1.807, 2.05) is 0 Å². The summed E-state index contributed by atoms with van der Waals surface area (Å²) >= 11 is 0. The number of hydrogen-bond donors (Lipinski definition) is 0. The van der Waals surface area contributed by atoms with Gasteiger partial charge < -0.3 is 9.47 Å². The molecule has 0 aliphatic heterocycles. The van der Waals surface area contributed by atoms with Crippen molar-refractivity contribution < 1.29 is 22.0 Å². The van der Waals surface area contributed by atoms with E-state index in [-0.39, 0.29) is 12.5 Å². The quantitative estimate of drug-likeness (QED) is 0.633. The highest BCUT2D eigenvalue weighted by Gasteiger charge is 2.24. The molecule has 0 fully saturated rings. The maximum atomic E-state index is 13.4. The summed E-state index contributed by atoms with van der Waals surface area (Å²) in [5.41, 5.74) is 1.72. The zero-order chi connectivity index (χ0) is 21.5. The van der Waals surface area contributed by atoms with Gasteiger partial charge in [0, 0.05) is 39.8 Å². The van der Waals surface area contributed by atoms with E-state index in [0.717, 1.165) is 22.0 Å². The van der Waals surface area contributed by atoms with Gasteiger partial charge in [0.15, 0.2) is 0 Å². The Hall–Kier alpha value is -2.85. The van der Waals surface area contributed by atoms with Gasteiger partial charge in [0.05, 0.1) is 22.5 Å². The second-order valence-electron chi connectivity index (χ2n) is 6.86. The molecule has 0 unspecified atom stereocenters. The van der Waals surface area contributed by atoms with Crippen molar-refractivity contribution in [2.75, 3.05) is 21.1 Å². The molecular formula is C19H20F2N4O3S. The largest absolute Gasteiger partial charge is 0.345 e. The molecule has 7 nitrogen and oxygen atoms in total. The highest BCUT2D eigenvalue weighted by atomic mass is 32.2. The van der Waals surface area contributed by atoms with E-state index in [4.69, 9.17) is 0 Å². The summed E-state index contributed by atoms with van der Waals surface area (Å²) in [7, 11) is 2.19. The number of sulfonamides is 1. The van der Waals surface area contributed by atoms with Gasteiger partial charge in [0.25, 0.3) is 5.91 Å². The molecule has 0 spiro atoms. The van der Waals surface area contributed by atoms with Crippen molar-refractivity contribution in [1.82, 2.24) is 18.8 Å². The van der Waals surface area contributed by atoms with Gasteiger partial charge in [-0.25, -0.2) is 22.2 Å². The number of aromatic nitrogens is 2. The summed E-state index contributed by atoms with van der Waals surface area (Å²) in [6.07, 6.45) is 0. The molecule has 0 saturated carbocycles. The smallest absolute Gasteiger partial charge is 0.253 e. The lowest BCUT2D eigenvalue weighted by molar-refractivity contribution is 0.0827. The third-order valence-electron chi connectivity index (χ3n) is 4.53. The van der Waals surface area contributed by atoms with Crippen LogP contribution in [0.25, 0.3) is 11.0 Å². The number of carbonyl (C=O) groups excluding carboxylic acids is 1. The number of fused-ring (bicyclic) bond motifs is 1. The summed E-state index contributed by atoms with van der Waals surface area (Å²) in [5.74, 6) is -1.71. The van der Waals surface area contributed by atoms with Crippen molar-refractivity contribution in [3.63, 3.8) is 0 Å². The Bertz CT molecular complexity index is 1190. The summed E-state index contributed by atoms with van der Waals surface area (Å²) in [4.78, 5) is 17.5. The number of nitrogens with zero attached hydrogens (tertiary/aromatic N) is 4. The first-order valence-corrected chi connectivity index (χ1v) is 10.0. The molecule has 3 rings (SSSR count). The van der Waals surface area contributed by atoms with Crippen molar-refractivity contribution in [3.05, 3.63) is 59.4 Å². The molecule has 0 saturated heterocycles. The van der Waals surface area contributed by atoms with Crippen molar-refractivity contribution in [1.29, 1.82) is 0 Å². The van der Waals surface area contributed by atoms with Crippen molar-refractivity contribution in [2.45, 2.75) is 11.4 Å². The van der Waals surface area contributed by atoms with Crippen LogP contribution in [0, 0.1) is 11.6 Å². The van der Waals surface area contributed by atoms with E-state index in [1.165, 1.54) is 11.9 Å². The van der Waals surface area contributed by atoms with Crippen LogP contribution in [-0.2, 0) is 23.6 Å². The molecule has 3 aromatic rings. The van der Waals surface area contributed by atoms with Gasteiger partial charge in [-0.2, -0.15) is 4.31 Å². The van der Waals surface area contributed by atoms with Crippen LogP contribution in [0.15, 0.2) is 41.3 Å². The van der Waals surface area contributed by atoms with Gasteiger partial charge in [-0.3, -0.25) is 4.79 Å². The second-order valence-corrected chi connectivity index (χ2v) is 8.90. The molecule has 1 heterocycles. The minimum atomic E-state index is -4.13. The molecule has 0 bridgehead atoms. The predicted molar refractivity (Wildman–Crippen MR) is 104 cm³/mol. The summed E-state index contributed by atoms with van der Waals surface area (Å²) in [5, 5.41) is 0. The lowest BCUT2D eigenvalue weighted by atomic mass is 10.2. The topological polar surface area (TPSA) is 75.5 Å². The molecule has 154 valence electrons. The number of carbonyl (C=O) groups is 1. The van der Waals surface area contributed by atoms with E-state index >= 15 is 0 Å². The molecule has 2 aromatic carbocycles. The maximum Gasteiger partial charge on any atom is 0.253 e. The van der Waals surface area contributed by atoms with Crippen LogP contribution in [-0.4, -0.2) is 54.2 Å². The Morgan fingerprint density at radius 2 is 1.69 bits per heavy atom. The van der Waals surface area contributed by atoms with E-state index in [2.05, 4.69) is 4.98 Å². The minimum absolute atomic E-state index is 0.122. The van der Waals surface area contributed by atoms with E-state index in [0.29, 0.717) is 23.0 Å². The Kier molecular flexibility index (Phi) is 5.42. The first kappa shape index (κ1) is 20.9. The van der Waals surface area contributed by atoms with Crippen LogP contribution in [0.5, 0.6) is 0 Å². The van der Waals surface area contributed by atoms with Crippen molar-refractivity contribution in [2.24, 2.45) is 7.05 Å². The van der Waals surface area contributed by atoms with Crippen molar-refractivity contribution >= 4 is 27.0 Å². The molecular weight excluding hydrogens is 402 g/mol. The molecule has 1 aromatic heterocycles. The van der Waals surface area contributed by atoms with Gasteiger partial charge in [-0.05, 0) is 30.3 Å². The standard InChI is InChI=1S/C19H20F2N4O3S/c1-23(2)19(26)12-5-6-17-16(7-12)22-18(25(17)4)11-24(3)29(27,28)15-9-13(20)8-14(21)10-15/h5-10H,11H2,1-4H3. The van der Waals surface area contributed by atoms with E-state index in [9.17, 15) is 22.0 Å². The first-order chi connectivity index (χ1) is 13.5. The van der Waals surface area contributed by atoms with Crippen LogP contribution in [0.1, 0.15) is 16.2 Å². The molecule has 0 aliphatic carbocycles. The molecule has 0 atom stereocenters. The Labute approximate surface area is 167 Å². The number of imidazole rings is 1. The zero-order valence-electron chi connectivity index (χ0n) is 16.3. The van der Waals surface area contributed by atoms with Crippen LogP contribution in [0.3, 0.4) is 0 Å². The number of rotatable bonds is 5. The molecule has 1 amide bonds. The monoisotopic (exact) mass is 422 g/mol. The lowest BCUT2D eigenvalue weighted by Crippen LogP contribution is -2.28. The highest BCUT2D eigenvalue weighted by Crippen LogP contribution is 2.22. The Balaban J connectivity index is 1.94. The highest BCUT2D eigenvalue weighted by molar-refractivity contribution is 7.89. The van der Waals surface area contributed by atoms with Gasteiger partial charge in [-0.15, -0.1) is 0 Å². The number of benzene rings is 2.